The Morgan fingerprint density at radius 1 is 1.26 bits per heavy atom. The normalized spacial score (nSPS) is 19.6. The molecule has 2 heterocycles. The van der Waals surface area contributed by atoms with Gasteiger partial charge >= 0.3 is 5.69 Å². The van der Waals surface area contributed by atoms with Crippen LogP contribution in [0.2, 0.25) is 0 Å². The molecular weight excluding hydrogens is 244 g/mol. The third-order valence-electron chi connectivity index (χ3n) is 3.95. The van der Waals surface area contributed by atoms with E-state index in [1.54, 1.807) is 17.7 Å². The van der Waals surface area contributed by atoms with Gasteiger partial charge in [0.2, 0.25) is 0 Å². The van der Waals surface area contributed by atoms with Gasteiger partial charge in [0.25, 0.3) is 5.56 Å². The maximum Gasteiger partial charge on any atom is 0.330 e. The average molecular weight is 266 g/mol. The van der Waals surface area contributed by atoms with Gasteiger partial charge in [-0.3, -0.25) is 18.8 Å². The number of aromatic nitrogens is 2. The molecule has 0 aromatic carbocycles. The fourth-order valence-electron chi connectivity index (χ4n) is 2.44. The zero-order chi connectivity index (χ0) is 14.2. The smallest absolute Gasteiger partial charge is 0.314 e. The second-order valence-electron chi connectivity index (χ2n) is 5.79. The molecule has 0 amide bonds. The van der Waals surface area contributed by atoms with Crippen LogP contribution in [0, 0.1) is 0 Å². The Hall–Kier alpha value is -1.40. The van der Waals surface area contributed by atoms with Gasteiger partial charge in [0.15, 0.2) is 0 Å². The van der Waals surface area contributed by atoms with E-state index in [1.165, 1.54) is 7.05 Å². The van der Waals surface area contributed by atoms with Crippen LogP contribution >= 0.6 is 0 Å². The van der Waals surface area contributed by atoms with E-state index in [2.05, 4.69) is 24.1 Å². The molecule has 0 atom stereocenters. The monoisotopic (exact) mass is 266 g/mol. The van der Waals surface area contributed by atoms with Crippen LogP contribution in [0.1, 0.15) is 19.5 Å². The predicted octanol–water partition coefficient (Wildman–Crippen LogP) is -0.732. The van der Waals surface area contributed by atoms with Crippen LogP contribution in [0.4, 0.5) is 0 Å². The van der Waals surface area contributed by atoms with E-state index in [0.717, 1.165) is 29.9 Å². The first-order chi connectivity index (χ1) is 8.83. The summed E-state index contributed by atoms with van der Waals surface area (Å²) in [6.07, 6.45) is 0. The molecule has 0 bridgehead atoms. The second kappa shape index (κ2) is 4.94. The molecule has 0 unspecified atom stereocenters. The summed E-state index contributed by atoms with van der Waals surface area (Å²) >= 11 is 0. The lowest BCUT2D eigenvalue weighted by molar-refractivity contribution is 0.0799. The molecule has 0 spiro atoms. The number of hydrogen-bond donors (Lipinski definition) is 1. The molecule has 6 nitrogen and oxygen atoms in total. The molecular formula is C13H22N4O2. The lowest BCUT2D eigenvalue weighted by atomic mass is 10.00. The molecule has 1 aromatic heterocycles. The minimum Gasteiger partial charge on any atom is -0.314 e. The fourth-order valence-corrected chi connectivity index (χ4v) is 2.44. The maximum absolute atomic E-state index is 11.9. The van der Waals surface area contributed by atoms with Gasteiger partial charge in [0, 0.05) is 57.6 Å². The van der Waals surface area contributed by atoms with E-state index in [-0.39, 0.29) is 16.8 Å². The van der Waals surface area contributed by atoms with Crippen LogP contribution in [0.3, 0.4) is 0 Å². The molecule has 6 heteroatoms. The molecule has 0 radical (unpaired) electrons. The van der Waals surface area contributed by atoms with Crippen molar-refractivity contribution in [2.24, 2.45) is 14.1 Å². The summed E-state index contributed by atoms with van der Waals surface area (Å²) < 4.78 is 2.69. The highest BCUT2D eigenvalue weighted by Gasteiger charge is 2.29. The highest BCUT2D eigenvalue weighted by molar-refractivity contribution is 5.04. The van der Waals surface area contributed by atoms with Gasteiger partial charge in [-0.15, -0.1) is 0 Å². The summed E-state index contributed by atoms with van der Waals surface area (Å²) in [6.45, 7) is 7.71. The van der Waals surface area contributed by atoms with Crippen molar-refractivity contribution in [2.75, 3.05) is 19.6 Å². The predicted molar refractivity (Wildman–Crippen MR) is 74.3 cm³/mol. The molecule has 0 aliphatic carbocycles. The van der Waals surface area contributed by atoms with Gasteiger partial charge in [-0.05, 0) is 13.8 Å². The topological polar surface area (TPSA) is 59.3 Å². The molecule has 1 aromatic rings. The largest absolute Gasteiger partial charge is 0.330 e. The number of piperazine rings is 1. The summed E-state index contributed by atoms with van der Waals surface area (Å²) in [4.78, 5) is 25.9. The highest BCUT2D eigenvalue weighted by Crippen LogP contribution is 2.18. The van der Waals surface area contributed by atoms with Crippen LogP contribution in [-0.2, 0) is 20.6 Å². The van der Waals surface area contributed by atoms with Crippen molar-refractivity contribution in [3.05, 3.63) is 32.6 Å². The first-order valence-electron chi connectivity index (χ1n) is 6.54. The Kier molecular flexibility index (Phi) is 3.64. The van der Waals surface area contributed by atoms with Crippen LogP contribution in [0.5, 0.6) is 0 Å². The van der Waals surface area contributed by atoms with E-state index in [9.17, 15) is 9.59 Å². The summed E-state index contributed by atoms with van der Waals surface area (Å²) in [6, 6.07) is 1.56. The van der Waals surface area contributed by atoms with Crippen molar-refractivity contribution in [3.8, 4) is 0 Å². The van der Waals surface area contributed by atoms with Gasteiger partial charge < -0.3 is 5.32 Å². The molecule has 1 N–H and O–H groups in total. The van der Waals surface area contributed by atoms with Gasteiger partial charge in [-0.1, -0.05) is 0 Å². The lowest BCUT2D eigenvalue weighted by Gasteiger charge is -2.43. The number of nitrogens with zero attached hydrogens (tertiary/aromatic N) is 3. The summed E-state index contributed by atoms with van der Waals surface area (Å²) in [7, 11) is 3.22. The van der Waals surface area contributed by atoms with Crippen LogP contribution in [0.25, 0.3) is 0 Å². The highest BCUT2D eigenvalue weighted by atomic mass is 16.2. The Bertz CT molecular complexity index is 585. The van der Waals surface area contributed by atoms with Crippen molar-refractivity contribution < 1.29 is 0 Å². The van der Waals surface area contributed by atoms with Crippen LogP contribution in [0.15, 0.2) is 15.7 Å². The maximum atomic E-state index is 11.9. The lowest BCUT2D eigenvalue weighted by Crippen LogP contribution is -2.57. The summed E-state index contributed by atoms with van der Waals surface area (Å²) in [5.41, 5.74) is 0.277. The van der Waals surface area contributed by atoms with Gasteiger partial charge in [-0.25, -0.2) is 4.79 Å². The number of hydrogen-bond acceptors (Lipinski definition) is 4. The first-order valence-corrected chi connectivity index (χ1v) is 6.54. The van der Waals surface area contributed by atoms with Gasteiger partial charge in [-0.2, -0.15) is 0 Å². The molecule has 1 aliphatic heterocycles. The van der Waals surface area contributed by atoms with Crippen molar-refractivity contribution in [1.82, 2.24) is 19.4 Å². The third kappa shape index (κ3) is 2.64. The molecule has 1 aliphatic rings. The molecule has 0 saturated carbocycles. The minimum absolute atomic E-state index is 0.0232. The Labute approximate surface area is 112 Å². The van der Waals surface area contributed by atoms with Crippen molar-refractivity contribution >= 4 is 0 Å². The quantitative estimate of drug-likeness (QED) is 0.766. The van der Waals surface area contributed by atoms with Crippen LogP contribution < -0.4 is 16.6 Å². The number of rotatable bonds is 2. The van der Waals surface area contributed by atoms with Gasteiger partial charge in [0.1, 0.15) is 0 Å². The zero-order valence-corrected chi connectivity index (χ0v) is 12.1. The fraction of sp³-hybridized carbons (Fsp3) is 0.692. The van der Waals surface area contributed by atoms with Crippen molar-refractivity contribution in [3.63, 3.8) is 0 Å². The second-order valence-corrected chi connectivity index (χ2v) is 5.79. The first kappa shape index (κ1) is 14.0. The number of nitrogens with one attached hydrogen (secondary N) is 1. The van der Waals surface area contributed by atoms with Gasteiger partial charge in [0.05, 0.1) is 0 Å². The standard InChI is InChI=1S/C13H22N4O2/c1-13(2)9-14-5-6-17(13)8-10-7-11(18)16(4)12(19)15(10)3/h7,14H,5-6,8-9H2,1-4H3. The minimum atomic E-state index is -0.268. The van der Waals surface area contributed by atoms with Crippen molar-refractivity contribution in [2.45, 2.75) is 25.9 Å². The van der Waals surface area contributed by atoms with E-state index in [4.69, 9.17) is 0 Å². The molecule has 2 rings (SSSR count). The third-order valence-corrected chi connectivity index (χ3v) is 3.95. The molecule has 19 heavy (non-hydrogen) atoms. The zero-order valence-electron chi connectivity index (χ0n) is 12.1. The molecule has 1 saturated heterocycles. The van der Waals surface area contributed by atoms with Crippen LogP contribution in [-0.4, -0.2) is 39.2 Å². The summed E-state index contributed by atoms with van der Waals surface area (Å²) in [5.74, 6) is 0. The Morgan fingerprint density at radius 2 is 1.95 bits per heavy atom. The molecule has 1 fully saturated rings. The Balaban J connectivity index is 2.34. The average Bonchev–Trinajstić information content (AvgIpc) is 2.35. The molecule has 106 valence electrons. The SMILES string of the molecule is Cn1c(CN2CCNCC2(C)C)cc(=O)n(C)c1=O. The summed E-state index contributed by atoms with van der Waals surface area (Å²) in [5, 5.41) is 3.36. The Morgan fingerprint density at radius 3 is 2.58 bits per heavy atom. The van der Waals surface area contributed by atoms with E-state index >= 15 is 0 Å². The van der Waals surface area contributed by atoms with E-state index in [0.29, 0.717) is 6.54 Å². The van der Waals surface area contributed by atoms with E-state index in [1.807, 2.05) is 0 Å². The van der Waals surface area contributed by atoms with E-state index < -0.39 is 0 Å². The van der Waals surface area contributed by atoms with Crippen molar-refractivity contribution in [1.29, 1.82) is 0 Å².